The highest BCUT2D eigenvalue weighted by Crippen LogP contribution is 2.50. The number of nitrogens with zero attached hydrogens (tertiary/aromatic N) is 2. The zero-order chi connectivity index (χ0) is 33.9. The molecule has 0 aromatic heterocycles. The largest absolute Gasteiger partial charge is 0.311 e. The van der Waals surface area contributed by atoms with Gasteiger partial charge in [0, 0.05) is 39.5 Å². The van der Waals surface area contributed by atoms with Gasteiger partial charge in [-0.2, -0.15) is 0 Å². The summed E-state index contributed by atoms with van der Waals surface area (Å²) in [7, 11) is 0. The van der Waals surface area contributed by atoms with Crippen molar-refractivity contribution in [3.05, 3.63) is 161 Å². The van der Waals surface area contributed by atoms with E-state index in [4.69, 9.17) is 0 Å². The molecule has 3 aliphatic heterocycles. The summed E-state index contributed by atoms with van der Waals surface area (Å²) in [6.07, 6.45) is 0. The minimum Gasteiger partial charge on any atom is -0.311 e. The molecule has 0 aliphatic carbocycles. The molecule has 0 radical (unpaired) electrons. The standard InChI is InChI=1S/C46H43BN2/c1-44(2,3)30-22-26-33(27-23-30)48-37-18-11-16-35-41(37)47-42-36(46(35,7)32-14-9-8-10-15-32)17-12-19-38(42)49(40-21-13-20-39(48)43(40)47)34-28-24-31(25-29-34)45(4,5)6/h8-29H,1-7H3. The molecule has 0 unspecified atom stereocenters. The Morgan fingerprint density at radius 3 is 1.22 bits per heavy atom. The summed E-state index contributed by atoms with van der Waals surface area (Å²) in [5, 5.41) is 0. The molecule has 0 saturated carbocycles. The lowest BCUT2D eigenvalue weighted by Gasteiger charge is -2.51. The van der Waals surface area contributed by atoms with E-state index in [1.807, 2.05) is 0 Å². The van der Waals surface area contributed by atoms with Crippen LogP contribution in [-0.4, -0.2) is 6.71 Å². The van der Waals surface area contributed by atoms with Gasteiger partial charge in [-0.1, -0.05) is 126 Å². The second kappa shape index (κ2) is 10.2. The van der Waals surface area contributed by atoms with Crippen molar-refractivity contribution in [3.8, 4) is 0 Å². The van der Waals surface area contributed by atoms with Gasteiger partial charge in [0.25, 0.3) is 6.71 Å². The number of benzene rings is 6. The van der Waals surface area contributed by atoms with Crippen LogP contribution in [0.5, 0.6) is 0 Å². The lowest BCUT2D eigenvalue weighted by molar-refractivity contribution is 0.590. The monoisotopic (exact) mass is 634 g/mol. The highest BCUT2D eigenvalue weighted by molar-refractivity contribution is 7.01. The fraction of sp³-hybridized carbons (Fsp3) is 0.217. The van der Waals surface area contributed by atoms with E-state index < -0.39 is 0 Å². The van der Waals surface area contributed by atoms with Gasteiger partial charge in [0.2, 0.25) is 0 Å². The Bertz CT molecular complexity index is 2120. The van der Waals surface area contributed by atoms with Gasteiger partial charge in [-0.15, -0.1) is 0 Å². The van der Waals surface area contributed by atoms with Crippen LogP contribution < -0.4 is 26.2 Å². The Labute approximate surface area is 292 Å². The van der Waals surface area contributed by atoms with Crippen molar-refractivity contribution in [2.75, 3.05) is 9.80 Å². The molecule has 0 bridgehead atoms. The Kier molecular flexibility index (Phi) is 6.29. The predicted molar refractivity (Wildman–Crippen MR) is 210 cm³/mol. The molecule has 0 fully saturated rings. The van der Waals surface area contributed by atoms with Gasteiger partial charge in [-0.25, -0.2) is 0 Å². The molecule has 3 heterocycles. The summed E-state index contributed by atoms with van der Waals surface area (Å²) in [6.45, 7) is 16.3. The normalized spacial score (nSPS) is 15.3. The van der Waals surface area contributed by atoms with Crippen molar-refractivity contribution >= 4 is 57.2 Å². The average molecular weight is 635 g/mol. The minimum atomic E-state index is -0.332. The van der Waals surface area contributed by atoms with E-state index in [2.05, 4.69) is 192 Å². The maximum Gasteiger partial charge on any atom is 0.252 e. The van der Waals surface area contributed by atoms with Crippen molar-refractivity contribution in [1.82, 2.24) is 0 Å². The van der Waals surface area contributed by atoms with Crippen LogP contribution >= 0.6 is 0 Å². The smallest absolute Gasteiger partial charge is 0.252 e. The topological polar surface area (TPSA) is 6.48 Å². The van der Waals surface area contributed by atoms with Crippen molar-refractivity contribution in [2.24, 2.45) is 0 Å². The van der Waals surface area contributed by atoms with E-state index in [9.17, 15) is 0 Å². The highest BCUT2D eigenvalue weighted by Gasteiger charge is 2.52. The van der Waals surface area contributed by atoms with Gasteiger partial charge in [-0.05, 0) is 110 Å². The molecular formula is C46H43BN2. The van der Waals surface area contributed by atoms with Gasteiger partial charge >= 0.3 is 0 Å². The summed E-state index contributed by atoms with van der Waals surface area (Å²) in [6, 6.07) is 50.7. The quantitative estimate of drug-likeness (QED) is 0.179. The van der Waals surface area contributed by atoms with Crippen molar-refractivity contribution in [3.63, 3.8) is 0 Å². The third-order valence-electron chi connectivity index (χ3n) is 11.5. The molecule has 3 heteroatoms. The van der Waals surface area contributed by atoms with Crippen LogP contribution in [0.2, 0.25) is 0 Å². The molecule has 9 rings (SSSR count). The summed E-state index contributed by atoms with van der Waals surface area (Å²) < 4.78 is 0. The molecule has 6 aromatic carbocycles. The van der Waals surface area contributed by atoms with E-state index in [1.54, 1.807) is 0 Å². The maximum atomic E-state index is 2.53. The van der Waals surface area contributed by atoms with Gasteiger partial charge in [0.05, 0.1) is 0 Å². The molecule has 0 spiro atoms. The third kappa shape index (κ3) is 4.21. The van der Waals surface area contributed by atoms with Crippen LogP contribution in [0.3, 0.4) is 0 Å². The second-order valence-electron chi connectivity index (χ2n) is 16.4. The zero-order valence-corrected chi connectivity index (χ0v) is 29.7. The van der Waals surface area contributed by atoms with Crippen molar-refractivity contribution in [2.45, 2.75) is 64.7 Å². The Morgan fingerprint density at radius 2 is 0.816 bits per heavy atom. The number of anilines is 6. The number of hydrogen-bond donors (Lipinski definition) is 0. The van der Waals surface area contributed by atoms with Gasteiger partial charge in [0.15, 0.2) is 0 Å². The SMILES string of the molecule is CC(C)(C)c1ccc(N2c3cccc4c3B3c5c2cccc5C(C)(c2ccccc2)c2cccc(c23)N4c2ccc(C(C)(C)C)cc2)cc1. The first kappa shape index (κ1) is 30.1. The van der Waals surface area contributed by atoms with Crippen LogP contribution in [0, 0.1) is 0 Å². The molecule has 2 nitrogen and oxygen atoms in total. The minimum absolute atomic E-state index is 0.0873. The molecule has 240 valence electrons. The Morgan fingerprint density at radius 1 is 0.429 bits per heavy atom. The molecule has 6 aromatic rings. The lowest BCUT2D eigenvalue weighted by atomic mass is 9.28. The zero-order valence-electron chi connectivity index (χ0n) is 29.7. The van der Waals surface area contributed by atoms with Crippen LogP contribution in [0.15, 0.2) is 133 Å². The first-order valence-corrected chi connectivity index (χ1v) is 17.7. The molecule has 49 heavy (non-hydrogen) atoms. The summed E-state index contributed by atoms with van der Waals surface area (Å²) in [4.78, 5) is 5.07. The first-order chi connectivity index (χ1) is 23.5. The second-order valence-corrected chi connectivity index (χ2v) is 16.4. The van der Waals surface area contributed by atoms with Gasteiger partial charge in [0.1, 0.15) is 0 Å². The maximum absolute atomic E-state index is 2.53. The average Bonchev–Trinajstić information content (AvgIpc) is 3.10. The van der Waals surface area contributed by atoms with Gasteiger partial charge in [-0.3, -0.25) is 0 Å². The van der Waals surface area contributed by atoms with E-state index in [0.29, 0.717) is 0 Å². The van der Waals surface area contributed by atoms with E-state index in [0.717, 1.165) is 0 Å². The van der Waals surface area contributed by atoms with Crippen LogP contribution in [0.4, 0.5) is 34.1 Å². The molecule has 0 N–H and O–H groups in total. The highest BCUT2D eigenvalue weighted by atomic mass is 15.2. The fourth-order valence-corrected chi connectivity index (χ4v) is 8.90. The van der Waals surface area contributed by atoms with E-state index in [1.165, 1.54) is 78.3 Å². The van der Waals surface area contributed by atoms with Gasteiger partial charge < -0.3 is 9.80 Å². The summed E-state index contributed by atoms with van der Waals surface area (Å²) >= 11 is 0. The van der Waals surface area contributed by atoms with Crippen molar-refractivity contribution in [1.29, 1.82) is 0 Å². The molecule has 0 atom stereocenters. The Hall–Kier alpha value is -5.02. The predicted octanol–water partition coefficient (Wildman–Crippen LogP) is 10.0. The number of rotatable bonds is 3. The third-order valence-corrected chi connectivity index (χ3v) is 11.5. The van der Waals surface area contributed by atoms with Crippen LogP contribution in [0.1, 0.15) is 76.3 Å². The Balaban J connectivity index is 1.38. The molecular weight excluding hydrogens is 591 g/mol. The van der Waals surface area contributed by atoms with Crippen LogP contribution in [-0.2, 0) is 16.2 Å². The summed E-state index contributed by atoms with van der Waals surface area (Å²) in [5.74, 6) is 0. The molecule has 0 saturated heterocycles. The first-order valence-electron chi connectivity index (χ1n) is 17.7. The molecule has 3 aliphatic rings. The van der Waals surface area contributed by atoms with Crippen LogP contribution in [0.25, 0.3) is 0 Å². The van der Waals surface area contributed by atoms with E-state index >= 15 is 0 Å². The number of hydrogen-bond acceptors (Lipinski definition) is 2. The molecule has 0 amide bonds. The lowest BCUT2D eigenvalue weighted by Crippen LogP contribution is -2.67. The van der Waals surface area contributed by atoms with E-state index in [-0.39, 0.29) is 23.0 Å². The summed E-state index contributed by atoms with van der Waals surface area (Å²) in [5.41, 5.74) is 18.3. The van der Waals surface area contributed by atoms with Crippen molar-refractivity contribution < 1.29 is 0 Å². The fourth-order valence-electron chi connectivity index (χ4n) is 8.90.